The van der Waals surface area contributed by atoms with Gasteiger partial charge >= 0.3 is 0 Å². The monoisotopic (exact) mass is 297 g/mol. The molecular formula is C17H35NOSi. The summed E-state index contributed by atoms with van der Waals surface area (Å²) in [6, 6.07) is 2.37. The summed E-state index contributed by atoms with van der Waals surface area (Å²) in [5.74, 6) is 0.709. The van der Waals surface area contributed by atoms with Crippen LogP contribution in [0.4, 0.5) is 0 Å². The van der Waals surface area contributed by atoms with Gasteiger partial charge < -0.3 is 4.43 Å². The Morgan fingerprint density at radius 2 is 1.70 bits per heavy atom. The van der Waals surface area contributed by atoms with Crippen molar-refractivity contribution in [3.05, 3.63) is 0 Å². The lowest BCUT2D eigenvalue weighted by atomic mass is 9.97. The van der Waals surface area contributed by atoms with Crippen LogP contribution in [0.15, 0.2) is 0 Å². The molecule has 0 spiro atoms. The highest BCUT2D eigenvalue weighted by molar-refractivity contribution is 6.74. The molecule has 20 heavy (non-hydrogen) atoms. The van der Waals surface area contributed by atoms with Crippen molar-refractivity contribution in [3.8, 4) is 6.07 Å². The summed E-state index contributed by atoms with van der Waals surface area (Å²) in [4.78, 5) is 0. The van der Waals surface area contributed by atoms with Crippen LogP contribution in [0.1, 0.15) is 73.1 Å². The molecule has 2 atom stereocenters. The van der Waals surface area contributed by atoms with Crippen molar-refractivity contribution in [2.24, 2.45) is 5.92 Å². The molecule has 0 radical (unpaired) electrons. The number of hydrogen-bond donors (Lipinski definition) is 0. The SMILES string of the molecule is CCCCCC(C)CCC(C#N)O[Si](C)(C)C(C)(C)C. The Balaban J connectivity index is 4.21. The van der Waals surface area contributed by atoms with Crippen LogP contribution >= 0.6 is 0 Å². The molecule has 3 heteroatoms. The van der Waals surface area contributed by atoms with E-state index in [1.54, 1.807) is 0 Å². The molecule has 0 bridgehead atoms. The second kappa shape index (κ2) is 8.84. The van der Waals surface area contributed by atoms with Gasteiger partial charge in [0, 0.05) is 0 Å². The molecule has 0 saturated carbocycles. The Kier molecular flexibility index (Phi) is 8.70. The van der Waals surface area contributed by atoms with E-state index in [9.17, 15) is 5.26 Å². The normalized spacial score (nSPS) is 15.7. The molecule has 0 saturated heterocycles. The Bertz CT molecular complexity index is 301. The molecule has 0 aromatic carbocycles. The quantitative estimate of drug-likeness (QED) is 0.392. The van der Waals surface area contributed by atoms with Crippen molar-refractivity contribution in [1.82, 2.24) is 0 Å². The van der Waals surface area contributed by atoms with Crippen LogP contribution < -0.4 is 0 Å². The third kappa shape index (κ3) is 7.45. The van der Waals surface area contributed by atoms with Gasteiger partial charge in [-0.1, -0.05) is 60.3 Å². The molecule has 2 nitrogen and oxygen atoms in total. The van der Waals surface area contributed by atoms with Gasteiger partial charge in [0.15, 0.2) is 8.32 Å². The Labute approximate surface area is 128 Å². The maximum Gasteiger partial charge on any atom is 0.193 e. The number of rotatable bonds is 9. The van der Waals surface area contributed by atoms with Gasteiger partial charge in [0.2, 0.25) is 0 Å². The molecule has 0 fully saturated rings. The number of nitriles is 1. The van der Waals surface area contributed by atoms with E-state index in [1.807, 2.05) is 0 Å². The third-order valence-corrected chi connectivity index (χ3v) is 9.10. The summed E-state index contributed by atoms with van der Waals surface area (Å²) < 4.78 is 6.21. The Morgan fingerprint density at radius 1 is 1.10 bits per heavy atom. The van der Waals surface area contributed by atoms with Gasteiger partial charge in [0.05, 0.1) is 6.07 Å². The second-order valence-corrected chi connectivity index (χ2v) is 12.4. The second-order valence-electron chi connectivity index (χ2n) is 7.67. The van der Waals surface area contributed by atoms with Crippen LogP contribution in [0.3, 0.4) is 0 Å². The molecule has 0 aromatic heterocycles. The van der Waals surface area contributed by atoms with Crippen molar-refractivity contribution in [2.45, 2.75) is 97.4 Å². The van der Waals surface area contributed by atoms with E-state index in [1.165, 1.54) is 25.7 Å². The van der Waals surface area contributed by atoms with E-state index >= 15 is 0 Å². The molecule has 0 heterocycles. The minimum absolute atomic E-state index is 0.175. The summed E-state index contributed by atoms with van der Waals surface area (Å²) in [5.41, 5.74) is 0. The van der Waals surface area contributed by atoms with Crippen LogP contribution in [-0.4, -0.2) is 14.4 Å². The fourth-order valence-electron chi connectivity index (χ4n) is 2.01. The van der Waals surface area contributed by atoms with Crippen molar-refractivity contribution < 1.29 is 4.43 Å². The first-order valence-electron chi connectivity index (χ1n) is 8.21. The Hall–Kier alpha value is -0.333. The van der Waals surface area contributed by atoms with Gasteiger partial charge in [-0.2, -0.15) is 5.26 Å². The van der Waals surface area contributed by atoms with E-state index in [-0.39, 0.29) is 11.1 Å². The highest BCUT2D eigenvalue weighted by Gasteiger charge is 2.39. The number of unbranched alkanes of at least 4 members (excludes halogenated alkanes) is 2. The van der Waals surface area contributed by atoms with Gasteiger partial charge in [-0.05, 0) is 36.9 Å². The summed E-state index contributed by atoms with van der Waals surface area (Å²) in [6.07, 6.45) is 6.98. The predicted octanol–water partition coefficient (Wildman–Crippen LogP) is 5.90. The molecule has 0 aliphatic carbocycles. The molecule has 0 rings (SSSR count). The molecule has 0 aliphatic heterocycles. The maximum absolute atomic E-state index is 9.33. The topological polar surface area (TPSA) is 33.0 Å². The van der Waals surface area contributed by atoms with Gasteiger partial charge in [-0.3, -0.25) is 0 Å². The van der Waals surface area contributed by atoms with Crippen LogP contribution in [0.5, 0.6) is 0 Å². The predicted molar refractivity (Wildman–Crippen MR) is 90.2 cm³/mol. The van der Waals surface area contributed by atoms with E-state index in [0.29, 0.717) is 5.92 Å². The van der Waals surface area contributed by atoms with Gasteiger partial charge in [0.25, 0.3) is 0 Å². The first-order chi connectivity index (χ1) is 9.14. The van der Waals surface area contributed by atoms with Crippen molar-refractivity contribution >= 4 is 8.32 Å². The molecule has 0 aromatic rings. The minimum atomic E-state index is -1.81. The van der Waals surface area contributed by atoms with Crippen LogP contribution in [-0.2, 0) is 4.43 Å². The van der Waals surface area contributed by atoms with Crippen LogP contribution in [0.2, 0.25) is 18.1 Å². The van der Waals surface area contributed by atoms with Crippen molar-refractivity contribution in [1.29, 1.82) is 5.26 Å². The molecule has 0 amide bonds. The highest BCUT2D eigenvalue weighted by Crippen LogP contribution is 2.37. The van der Waals surface area contributed by atoms with Gasteiger partial charge in [-0.15, -0.1) is 0 Å². The number of hydrogen-bond acceptors (Lipinski definition) is 2. The fraction of sp³-hybridized carbons (Fsp3) is 0.941. The van der Waals surface area contributed by atoms with E-state index in [0.717, 1.165) is 12.8 Å². The molecule has 2 unspecified atom stereocenters. The van der Waals surface area contributed by atoms with E-state index in [4.69, 9.17) is 4.43 Å². The zero-order valence-electron chi connectivity index (χ0n) is 14.8. The lowest BCUT2D eigenvalue weighted by Crippen LogP contribution is -2.43. The zero-order valence-corrected chi connectivity index (χ0v) is 15.8. The van der Waals surface area contributed by atoms with Crippen molar-refractivity contribution in [3.63, 3.8) is 0 Å². The van der Waals surface area contributed by atoms with Crippen molar-refractivity contribution in [2.75, 3.05) is 0 Å². The average Bonchev–Trinajstić information content (AvgIpc) is 2.33. The third-order valence-electron chi connectivity index (χ3n) is 4.61. The molecule has 0 N–H and O–H groups in total. The van der Waals surface area contributed by atoms with Gasteiger partial charge in [-0.25, -0.2) is 0 Å². The minimum Gasteiger partial charge on any atom is -0.401 e. The highest BCUT2D eigenvalue weighted by atomic mass is 28.4. The molecular weight excluding hydrogens is 262 g/mol. The number of nitrogens with zero attached hydrogens (tertiary/aromatic N) is 1. The van der Waals surface area contributed by atoms with Crippen LogP contribution in [0.25, 0.3) is 0 Å². The zero-order chi connectivity index (χ0) is 15.8. The molecule has 118 valence electrons. The lowest BCUT2D eigenvalue weighted by molar-refractivity contribution is 0.209. The first-order valence-corrected chi connectivity index (χ1v) is 11.1. The average molecular weight is 298 g/mol. The summed E-state index contributed by atoms with van der Waals surface area (Å²) in [5, 5.41) is 9.50. The largest absolute Gasteiger partial charge is 0.401 e. The fourth-order valence-corrected chi connectivity index (χ4v) is 3.24. The summed E-state index contributed by atoms with van der Waals surface area (Å²) in [7, 11) is -1.81. The summed E-state index contributed by atoms with van der Waals surface area (Å²) in [6.45, 7) is 15.7. The maximum atomic E-state index is 9.33. The first kappa shape index (κ1) is 19.7. The van der Waals surface area contributed by atoms with Gasteiger partial charge in [0.1, 0.15) is 6.10 Å². The lowest BCUT2D eigenvalue weighted by Gasteiger charge is -2.37. The molecule has 0 aliphatic rings. The van der Waals surface area contributed by atoms with E-state index in [2.05, 4.69) is 53.8 Å². The Morgan fingerprint density at radius 3 is 2.15 bits per heavy atom. The van der Waals surface area contributed by atoms with E-state index < -0.39 is 8.32 Å². The smallest absolute Gasteiger partial charge is 0.193 e. The van der Waals surface area contributed by atoms with Crippen LogP contribution in [0, 0.1) is 17.2 Å². The summed E-state index contributed by atoms with van der Waals surface area (Å²) >= 11 is 0. The standard InChI is InChI=1S/C17H35NOSi/c1-8-9-10-11-15(2)12-13-16(14-18)19-20(6,7)17(3,4)5/h15-16H,8-13H2,1-7H3.